The molecule has 7 rings (SSSR count). The molecule has 39 heavy (non-hydrogen) atoms. The summed E-state index contributed by atoms with van der Waals surface area (Å²) >= 11 is 0. The fourth-order valence-corrected chi connectivity index (χ4v) is 6.64. The predicted octanol–water partition coefficient (Wildman–Crippen LogP) is 4.79. The molecule has 2 aliphatic heterocycles. The Bertz CT molecular complexity index is 1500. The second kappa shape index (κ2) is 10.4. The summed E-state index contributed by atoms with van der Waals surface area (Å²) in [4.78, 5) is 19.2. The Balaban J connectivity index is 1.24. The minimum absolute atomic E-state index is 0.115. The maximum Gasteiger partial charge on any atom is 0.253 e. The third-order valence-electron chi connectivity index (χ3n) is 8.73. The third-order valence-corrected chi connectivity index (χ3v) is 8.73. The fraction of sp³-hybridized carbons (Fsp3) is 0.467. The first-order valence-corrected chi connectivity index (χ1v) is 14.3. The first-order valence-electron chi connectivity index (χ1n) is 14.3. The van der Waals surface area contributed by atoms with Gasteiger partial charge in [-0.25, -0.2) is 4.68 Å². The molecule has 2 aromatic heterocycles. The average molecular weight is 527 g/mol. The number of rotatable bonds is 6. The highest BCUT2D eigenvalue weighted by atomic mass is 16.7. The van der Waals surface area contributed by atoms with Crippen LogP contribution in [0.1, 0.15) is 74.0 Å². The van der Waals surface area contributed by atoms with Crippen LogP contribution in [-0.4, -0.2) is 50.0 Å². The number of ether oxygens (including phenoxy) is 2. The maximum atomic E-state index is 13.7. The summed E-state index contributed by atoms with van der Waals surface area (Å²) in [6, 6.07) is 16.5. The van der Waals surface area contributed by atoms with Crippen molar-refractivity contribution in [3.63, 3.8) is 0 Å². The van der Waals surface area contributed by atoms with E-state index in [-0.39, 0.29) is 24.4 Å². The molecular formula is C30H34N6O3. The minimum atomic E-state index is -0.321. The van der Waals surface area contributed by atoms with Crippen molar-refractivity contribution < 1.29 is 9.47 Å². The number of piperidine rings is 1. The van der Waals surface area contributed by atoms with E-state index in [1.54, 1.807) is 0 Å². The molecule has 9 heteroatoms. The normalized spacial score (nSPS) is 19.5. The van der Waals surface area contributed by atoms with E-state index < -0.39 is 0 Å². The largest absolute Gasteiger partial charge is 0.454 e. The minimum Gasteiger partial charge on any atom is -0.454 e. The van der Waals surface area contributed by atoms with E-state index in [0.29, 0.717) is 23.0 Å². The molecule has 1 saturated heterocycles. The van der Waals surface area contributed by atoms with Crippen LogP contribution >= 0.6 is 0 Å². The molecule has 202 valence electrons. The summed E-state index contributed by atoms with van der Waals surface area (Å²) in [7, 11) is 0. The van der Waals surface area contributed by atoms with Crippen molar-refractivity contribution in [2.45, 2.75) is 63.5 Å². The van der Waals surface area contributed by atoms with Gasteiger partial charge in [0.1, 0.15) is 6.04 Å². The molecule has 1 aliphatic carbocycles. The van der Waals surface area contributed by atoms with Gasteiger partial charge in [-0.15, -0.1) is 5.10 Å². The number of hydrogen-bond donors (Lipinski definition) is 1. The van der Waals surface area contributed by atoms with Gasteiger partial charge in [0.15, 0.2) is 17.3 Å². The van der Waals surface area contributed by atoms with E-state index in [4.69, 9.17) is 9.47 Å². The van der Waals surface area contributed by atoms with Gasteiger partial charge in [0, 0.05) is 17.0 Å². The molecule has 1 N–H and O–H groups in total. The maximum absolute atomic E-state index is 13.7. The lowest BCUT2D eigenvalue weighted by Crippen LogP contribution is -2.41. The summed E-state index contributed by atoms with van der Waals surface area (Å²) in [5.41, 5.74) is 2.68. The molecule has 0 amide bonds. The van der Waals surface area contributed by atoms with Crippen molar-refractivity contribution in [2.75, 3.05) is 19.9 Å². The highest BCUT2D eigenvalue weighted by molar-refractivity contribution is 5.83. The molecule has 1 saturated carbocycles. The molecule has 0 bridgehead atoms. The Kier molecular flexibility index (Phi) is 6.52. The lowest BCUT2D eigenvalue weighted by atomic mass is 9.88. The number of benzene rings is 2. The standard InChI is InChI=1S/C30H34N6O3/c37-30-24(16-22-17-26-27(39-19-38-26)18-25(22)31-30)28(29-32-33-34-36(29)23-9-5-2-6-10-23)35-13-11-21(12-14-35)15-20-7-3-1-4-8-20/h1,3-4,7-8,16-18,21,23,28H,2,5-6,9-15,19H2,(H,31,37). The fourth-order valence-electron chi connectivity index (χ4n) is 6.64. The topological polar surface area (TPSA) is 98.2 Å². The van der Waals surface area contributed by atoms with Crippen LogP contribution in [0.5, 0.6) is 11.5 Å². The van der Waals surface area contributed by atoms with Crippen LogP contribution in [0, 0.1) is 5.92 Å². The monoisotopic (exact) mass is 526 g/mol. The van der Waals surface area contributed by atoms with Gasteiger partial charge in [0.2, 0.25) is 6.79 Å². The molecule has 3 aliphatic rings. The van der Waals surface area contributed by atoms with Crippen molar-refractivity contribution >= 4 is 10.9 Å². The van der Waals surface area contributed by atoms with Gasteiger partial charge < -0.3 is 14.5 Å². The van der Waals surface area contributed by atoms with Crippen LogP contribution in [0.25, 0.3) is 10.9 Å². The quantitative estimate of drug-likeness (QED) is 0.386. The molecule has 0 spiro atoms. The zero-order valence-corrected chi connectivity index (χ0v) is 22.1. The highest BCUT2D eigenvalue weighted by Crippen LogP contribution is 2.38. The number of nitrogens with one attached hydrogen (secondary N) is 1. The molecule has 2 aromatic carbocycles. The van der Waals surface area contributed by atoms with Crippen LogP contribution in [-0.2, 0) is 6.42 Å². The second-order valence-electron chi connectivity index (χ2n) is 11.2. The molecule has 4 aromatic rings. The number of likely N-dealkylation sites (tertiary alicyclic amines) is 1. The van der Waals surface area contributed by atoms with Gasteiger partial charge in [0.05, 0.1) is 11.6 Å². The van der Waals surface area contributed by atoms with Gasteiger partial charge in [0.25, 0.3) is 5.56 Å². The summed E-state index contributed by atoms with van der Waals surface area (Å²) in [6.45, 7) is 1.97. The van der Waals surface area contributed by atoms with Gasteiger partial charge in [-0.05, 0) is 79.2 Å². The Morgan fingerprint density at radius 3 is 2.51 bits per heavy atom. The molecule has 2 fully saturated rings. The number of nitrogens with zero attached hydrogens (tertiary/aromatic N) is 5. The van der Waals surface area contributed by atoms with Gasteiger partial charge in [-0.1, -0.05) is 49.6 Å². The molecule has 1 unspecified atom stereocenters. The van der Waals surface area contributed by atoms with Gasteiger partial charge in [-0.2, -0.15) is 0 Å². The molecule has 0 radical (unpaired) electrons. The summed E-state index contributed by atoms with van der Waals surface area (Å²) < 4.78 is 13.2. The number of H-pyrrole nitrogens is 1. The molecule has 4 heterocycles. The van der Waals surface area contributed by atoms with E-state index in [1.165, 1.54) is 24.8 Å². The number of hydrogen-bond acceptors (Lipinski definition) is 7. The van der Waals surface area contributed by atoms with Crippen molar-refractivity contribution in [3.8, 4) is 11.5 Å². The van der Waals surface area contributed by atoms with Crippen molar-refractivity contribution in [1.82, 2.24) is 30.1 Å². The smallest absolute Gasteiger partial charge is 0.253 e. The Morgan fingerprint density at radius 2 is 1.72 bits per heavy atom. The van der Waals surface area contributed by atoms with Crippen LogP contribution in [0.15, 0.2) is 53.3 Å². The van der Waals surface area contributed by atoms with Crippen LogP contribution in [0.3, 0.4) is 0 Å². The lowest BCUT2D eigenvalue weighted by molar-refractivity contribution is 0.140. The predicted molar refractivity (Wildman–Crippen MR) is 147 cm³/mol. The average Bonchev–Trinajstić information content (AvgIpc) is 3.64. The summed E-state index contributed by atoms with van der Waals surface area (Å²) in [5.74, 6) is 2.75. The van der Waals surface area contributed by atoms with E-state index in [0.717, 1.165) is 61.9 Å². The van der Waals surface area contributed by atoms with E-state index >= 15 is 0 Å². The summed E-state index contributed by atoms with van der Waals surface area (Å²) in [6.07, 6.45) is 8.99. The van der Waals surface area contributed by atoms with Crippen LogP contribution in [0.4, 0.5) is 0 Å². The Hall–Kier alpha value is -3.72. The molecule has 1 atom stereocenters. The van der Waals surface area contributed by atoms with Crippen molar-refractivity contribution in [1.29, 1.82) is 0 Å². The van der Waals surface area contributed by atoms with Crippen molar-refractivity contribution in [3.05, 3.63) is 75.8 Å². The van der Waals surface area contributed by atoms with E-state index in [2.05, 4.69) is 55.7 Å². The first-order chi connectivity index (χ1) is 19.2. The van der Waals surface area contributed by atoms with Crippen molar-refractivity contribution in [2.24, 2.45) is 5.92 Å². The molecular weight excluding hydrogens is 492 g/mol. The number of pyridine rings is 1. The SMILES string of the molecule is O=c1[nH]c2cc3c(cc2cc1C(c1nnnn1C1CCCCC1)N1CCC(Cc2ccccc2)CC1)OCO3. The number of tetrazole rings is 1. The van der Waals surface area contributed by atoms with Crippen LogP contribution < -0.4 is 15.0 Å². The Labute approximate surface area is 227 Å². The number of aromatic amines is 1. The second-order valence-corrected chi connectivity index (χ2v) is 11.2. The van der Waals surface area contributed by atoms with Crippen LogP contribution in [0.2, 0.25) is 0 Å². The zero-order valence-electron chi connectivity index (χ0n) is 22.1. The van der Waals surface area contributed by atoms with E-state index in [9.17, 15) is 4.79 Å². The van der Waals surface area contributed by atoms with Gasteiger partial charge >= 0.3 is 0 Å². The zero-order chi connectivity index (χ0) is 26.2. The summed E-state index contributed by atoms with van der Waals surface area (Å²) in [5, 5.41) is 14.1. The lowest BCUT2D eigenvalue weighted by Gasteiger charge is -2.37. The van der Waals surface area contributed by atoms with Gasteiger partial charge in [-0.3, -0.25) is 9.69 Å². The first kappa shape index (κ1) is 24.3. The Morgan fingerprint density at radius 1 is 0.949 bits per heavy atom. The molecule has 9 nitrogen and oxygen atoms in total. The third kappa shape index (κ3) is 4.80. The van der Waals surface area contributed by atoms with E-state index in [1.807, 2.05) is 22.9 Å². The highest BCUT2D eigenvalue weighted by Gasteiger charge is 2.35. The number of fused-ring (bicyclic) bond motifs is 2. The number of aromatic nitrogens is 5.